The van der Waals surface area contributed by atoms with Crippen LogP contribution in [-0.2, 0) is 14.3 Å². The molecule has 1 aromatic rings. The molecule has 5 nitrogen and oxygen atoms in total. The Morgan fingerprint density at radius 2 is 2.10 bits per heavy atom. The van der Waals surface area contributed by atoms with Gasteiger partial charge in [0.1, 0.15) is 5.82 Å². The molecule has 0 fully saturated rings. The molecule has 0 saturated carbocycles. The summed E-state index contributed by atoms with van der Waals surface area (Å²) in [5.41, 5.74) is 0.942. The van der Waals surface area contributed by atoms with E-state index in [1.807, 2.05) is 0 Å². The lowest BCUT2D eigenvalue weighted by Gasteiger charge is -2.15. The molecular formula is C14H19FN2O3. The average Bonchev–Trinajstić information content (AvgIpc) is 2.40. The predicted molar refractivity (Wildman–Crippen MR) is 73.9 cm³/mol. The van der Waals surface area contributed by atoms with Gasteiger partial charge >= 0.3 is 5.97 Å². The van der Waals surface area contributed by atoms with E-state index < -0.39 is 0 Å². The van der Waals surface area contributed by atoms with E-state index in [4.69, 9.17) is 0 Å². The largest absolute Gasteiger partial charge is 0.469 e. The number of anilines is 1. The number of aryl methyl sites for hydroxylation is 1. The number of hydrogen-bond acceptors (Lipinski definition) is 4. The second-order valence-electron chi connectivity index (χ2n) is 4.58. The summed E-state index contributed by atoms with van der Waals surface area (Å²) in [6.45, 7) is 2.19. The number of ether oxygens (including phenoxy) is 1. The third kappa shape index (κ3) is 5.36. The predicted octanol–water partition coefficient (Wildman–Crippen LogP) is 1.57. The van der Waals surface area contributed by atoms with Gasteiger partial charge in [-0.05, 0) is 31.7 Å². The molecule has 0 atom stereocenters. The Labute approximate surface area is 117 Å². The van der Waals surface area contributed by atoms with Crippen molar-refractivity contribution in [2.75, 3.05) is 32.6 Å². The second-order valence-corrected chi connectivity index (χ2v) is 4.58. The van der Waals surface area contributed by atoms with Gasteiger partial charge in [0.2, 0.25) is 5.91 Å². The van der Waals surface area contributed by atoms with Gasteiger partial charge in [0.05, 0.1) is 20.1 Å². The Hall–Kier alpha value is -1.95. The first-order chi connectivity index (χ1) is 9.42. The topological polar surface area (TPSA) is 58.6 Å². The third-order valence-corrected chi connectivity index (χ3v) is 2.79. The highest BCUT2D eigenvalue weighted by atomic mass is 19.1. The number of methoxy groups -OCH3 is 1. The minimum atomic E-state index is -0.359. The number of rotatable bonds is 6. The molecule has 0 bridgehead atoms. The van der Waals surface area contributed by atoms with Crippen LogP contribution in [0, 0.1) is 12.7 Å². The number of likely N-dealkylation sites (N-methyl/N-ethyl adjacent to an activating group) is 1. The summed E-state index contributed by atoms with van der Waals surface area (Å²) in [4.78, 5) is 24.4. The maximum Gasteiger partial charge on any atom is 0.306 e. The Kier molecular flexibility index (Phi) is 6.11. The zero-order chi connectivity index (χ0) is 15.1. The molecule has 0 spiro atoms. The van der Waals surface area contributed by atoms with Gasteiger partial charge in [-0.15, -0.1) is 0 Å². The first-order valence-electron chi connectivity index (χ1n) is 6.23. The number of nitrogens with zero attached hydrogens (tertiary/aromatic N) is 1. The monoisotopic (exact) mass is 282 g/mol. The molecule has 0 unspecified atom stereocenters. The fraction of sp³-hybridized carbons (Fsp3) is 0.429. The molecule has 1 N–H and O–H groups in total. The Morgan fingerprint density at radius 3 is 2.70 bits per heavy atom. The molecule has 110 valence electrons. The summed E-state index contributed by atoms with van der Waals surface area (Å²) < 4.78 is 17.8. The van der Waals surface area contributed by atoms with Crippen molar-refractivity contribution in [3.05, 3.63) is 29.6 Å². The quantitative estimate of drug-likeness (QED) is 0.805. The number of amides is 1. The summed E-state index contributed by atoms with van der Waals surface area (Å²) in [5, 5.41) is 2.61. The summed E-state index contributed by atoms with van der Waals surface area (Å²) in [6.07, 6.45) is 0.222. The van der Waals surface area contributed by atoms with Crippen LogP contribution in [0.5, 0.6) is 0 Å². The second kappa shape index (κ2) is 7.59. The lowest BCUT2D eigenvalue weighted by molar-refractivity contribution is -0.141. The van der Waals surface area contributed by atoms with Crippen molar-refractivity contribution in [2.24, 2.45) is 0 Å². The van der Waals surface area contributed by atoms with Gasteiger partial charge in [-0.2, -0.15) is 0 Å². The highest BCUT2D eigenvalue weighted by molar-refractivity contribution is 5.92. The van der Waals surface area contributed by atoms with Crippen LogP contribution in [0.2, 0.25) is 0 Å². The van der Waals surface area contributed by atoms with Crippen LogP contribution in [0.4, 0.5) is 10.1 Å². The van der Waals surface area contributed by atoms with E-state index in [-0.39, 0.29) is 30.7 Å². The average molecular weight is 282 g/mol. The van der Waals surface area contributed by atoms with Crippen LogP contribution >= 0.6 is 0 Å². The van der Waals surface area contributed by atoms with Crippen molar-refractivity contribution >= 4 is 17.6 Å². The summed E-state index contributed by atoms with van der Waals surface area (Å²) >= 11 is 0. The lowest BCUT2D eigenvalue weighted by Crippen LogP contribution is -2.31. The normalized spacial score (nSPS) is 10.4. The molecule has 20 heavy (non-hydrogen) atoms. The Balaban J connectivity index is 2.42. The highest BCUT2D eigenvalue weighted by Crippen LogP contribution is 2.13. The molecule has 6 heteroatoms. The van der Waals surface area contributed by atoms with Crippen molar-refractivity contribution in [3.8, 4) is 0 Å². The summed E-state index contributed by atoms with van der Waals surface area (Å²) in [7, 11) is 3.04. The molecule has 0 radical (unpaired) electrons. The van der Waals surface area contributed by atoms with E-state index in [2.05, 4.69) is 10.1 Å². The van der Waals surface area contributed by atoms with Crippen LogP contribution in [-0.4, -0.2) is 44.0 Å². The first kappa shape index (κ1) is 16.1. The van der Waals surface area contributed by atoms with E-state index >= 15 is 0 Å². The summed E-state index contributed by atoms with van der Waals surface area (Å²) in [6, 6.07) is 4.53. The summed E-state index contributed by atoms with van der Waals surface area (Å²) in [5.74, 6) is -0.944. The van der Waals surface area contributed by atoms with Crippen LogP contribution in [0.15, 0.2) is 18.2 Å². The highest BCUT2D eigenvalue weighted by Gasteiger charge is 2.09. The van der Waals surface area contributed by atoms with E-state index in [0.29, 0.717) is 17.8 Å². The molecule has 0 aromatic heterocycles. The van der Waals surface area contributed by atoms with Gasteiger partial charge < -0.3 is 10.1 Å². The molecular weight excluding hydrogens is 263 g/mol. The van der Waals surface area contributed by atoms with Crippen LogP contribution in [0.1, 0.15) is 12.0 Å². The van der Waals surface area contributed by atoms with E-state index in [9.17, 15) is 14.0 Å². The van der Waals surface area contributed by atoms with E-state index in [1.165, 1.54) is 13.2 Å². The molecule has 1 rings (SSSR count). The number of carbonyl (C=O) groups is 2. The number of esters is 1. The van der Waals surface area contributed by atoms with E-state index in [1.54, 1.807) is 31.0 Å². The number of hydrogen-bond donors (Lipinski definition) is 1. The minimum absolute atomic E-state index is 0.118. The van der Waals surface area contributed by atoms with E-state index in [0.717, 1.165) is 0 Å². The van der Waals surface area contributed by atoms with Gasteiger partial charge in [-0.1, -0.05) is 6.07 Å². The number of carbonyl (C=O) groups excluding carboxylic acids is 2. The van der Waals surface area contributed by atoms with Gasteiger partial charge in [-0.25, -0.2) is 4.39 Å². The molecule has 0 heterocycles. The smallest absolute Gasteiger partial charge is 0.306 e. The Morgan fingerprint density at radius 1 is 1.40 bits per heavy atom. The number of halogens is 1. The number of benzene rings is 1. The van der Waals surface area contributed by atoms with Gasteiger partial charge in [-0.3, -0.25) is 14.5 Å². The molecule has 1 amide bonds. The Bertz CT molecular complexity index is 491. The fourth-order valence-corrected chi connectivity index (χ4v) is 1.58. The van der Waals surface area contributed by atoms with Crippen LogP contribution < -0.4 is 5.32 Å². The molecule has 0 aliphatic heterocycles. The fourth-order valence-electron chi connectivity index (χ4n) is 1.58. The van der Waals surface area contributed by atoms with Crippen LogP contribution in [0.25, 0.3) is 0 Å². The third-order valence-electron chi connectivity index (χ3n) is 2.79. The maximum absolute atomic E-state index is 13.3. The maximum atomic E-state index is 13.3. The van der Waals surface area contributed by atoms with Crippen molar-refractivity contribution < 1.29 is 18.7 Å². The molecule has 0 saturated heterocycles. The SMILES string of the molecule is COC(=O)CCN(C)CC(=O)Nc1ccc(C)c(F)c1. The zero-order valence-corrected chi connectivity index (χ0v) is 11.9. The first-order valence-corrected chi connectivity index (χ1v) is 6.23. The zero-order valence-electron chi connectivity index (χ0n) is 11.9. The molecule has 1 aromatic carbocycles. The van der Waals surface area contributed by atoms with Gasteiger partial charge in [0.15, 0.2) is 0 Å². The van der Waals surface area contributed by atoms with Crippen molar-refractivity contribution in [3.63, 3.8) is 0 Å². The molecule has 0 aliphatic rings. The molecule has 0 aliphatic carbocycles. The van der Waals surface area contributed by atoms with Crippen molar-refractivity contribution in [2.45, 2.75) is 13.3 Å². The van der Waals surface area contributed by atoms with Crippen molar-refractivity contribution in [1.29, 1.82) is 0 Å². The number of nitrogens with one attached hydrogen (secondary N) is 1. The van der Waals surface area contributed by atoms with Gasteiger partial charge in [0, 0.05) is 12.2 Å². The lowest BCUT2D eigenvalue weighted by atomic mass is 10.2. The standard InChI is InChI=1S/C14H19FN2O3/c1-10-4-5-11(8-12(10)15)16-13(18)9-17(2)7-6-14(19)20-3/h4-5,8H,6-7,9H2,1-3H3,(H,16,18). The van der Waals surface area contributed by atoms with Crippen LogP contribution in [0.3, 0.4) is 0 Å². The minimum Gasteiger partial charge on any atom is -0.469 e. The van der Waals surface area contributed by atoms with Crippen molar-refractivity contribution in [1.82, 2.24) is 4.90 Å². The van der Waals surface area contributed by atoms with Gasteiger partial charge in [0.25, 0.3) is 0 Å².